The molecule has 1 N–H and O–H groups in total. The van der Waals surface area contributed by atoms with E-state index >= 15 is 0 Å². The van der Waals surface area contributed by atoms with Gasteiger partial charge in [-0.2, -0.15) is 0 Å². The second kappa shape index (κ2) is 6.53. The molecular formula is C18H22N2O3S2. The van der Waals surface area contributed by atoms with E-state index in [9.17, 15) is 13.2 Å². The monoisotopic (exact) mass is 378 g/mol. The van der Waals surface area contributed by atoms with Crippen molar-refractivity contribution in [1.82, 2.24) is 4.98 Å². The predicted octanol–water partition coefficient (Wildman–Crippen LogP) is 3.79. The third-order valence-corrected chi connectivity index (χ3v) is 8.33. The Hall–Kier alpha value is -1.73. The maximum Gasteiger partial charge on any atom is 0.248 e. The van der Waals surface area contributed by atoms with Crippen molar-refractivity contribution in [2.75, 3.05) is 5.32 Å². The lowest BCUT2D eigenvalue weighted by molar-refractivity contribution is -0.118. The number of amides is 1. The third kappa shape index (κ3) is 3.11. The summed E-state index contributed by atoms with van der Waals surface area (Å²) in [6, 6.07) is 5.35. The lowest BCUT2D eigenvalue weighted by Gasteiger charge is -2.28. The summed E-state index contributed by atoms with van der Waals surface area (Å²) >= 11 is 1.31. The minimum atomic E-state index is -3.80. The van der Waals surface area contributed by atoms with Crippen LogP contribution in [0.4, 0.5) is 5.13 Å². The first-order valence-corrected chi connectivity index (χ1v) is 10.7. The summed E-state index contributed by atoms with van der Waals surface area (Å²) in [7, 11) is -3.80. The Morgan fingerprint density at radius 2 is 1.88 bits per heavy atom. The average Bonchev–Trinajstić information content (AvgIpc) is 3.19. The number of nitrogens with zero attached hydrogens (tertiary/aromatic N) is 1. The standard InChI is InChI=1S/C18H22N2O3S2/c1-12-6-7-13(2)15(10-12)25(22,23)18(8-4-5-9-18)16(21)20-17-19-14(3)11-24-17/h6-7,10-11H,4-5,8-9H2,1-3H3,(H,19,20,21). The largest absolute Gasteiger partial charge is 0.301 e. The van der Waals surface area contributed by atoms with Crippen molar-refractivity contribution in [3.05, 3.63) is 40.4 Å². The van der Waals surface area contributed by atoms with Crippen molar-refractivity contribution in [2.45, 2.75) is 56.1 Å². The van der Waals surface area contributed by atoms with Crippen LogP contribution < -0.4 is 5.32 Å². The van der Waals surface area contributed by atoms with Crippen molar-refractivity contribution in [2.24, 2.45) is 0 Å². The third-order valence-electron chi connectivity index (χ3n) is 4.81. The number of nitrogens with one attached hydrogen (secondary N) is 1. The summed E-state index contributed by atoms with van der Waals surface area (Å²) in [4.78, 5) is 17.5. The van der Waals surface area contributed by atoms with Crippen LogP contribution in [0.5, 0.6) is 0 Å². The number of benzene rings is 1. The lowest BCUT2D eigenvalue weighted by atomic mass is 10.1. The average molecular weight is 379 g/mol. The van der Waals surface area contributed by atoms with Gasteiger partial charge in [0.05, 0.1) is 10.6 Å². The zero-order chi connectivity index (χ0) is 18.2. The minimum absolute atomic E-state index is 0.264. The highest BCUT2D eigenvalue weighted by Gasteiger charge is 2.53. The van der Waals surface area contributed by atoms with Gasteiger partial charge in [0, 0.05) is 5.38 Å². The molecule has 1 heterocycles. The van der Waals surface area contributed by atoms with Crippen LogP contribution in [0.3, 0.4) is 0 Å². The summed E-state index contributed by atoms with van der Waals surface area (Å²) in [6.45, 7) is 5.47. The number of thiazole rings is 1. The van der Waals surface area contributed by atoms with E-state index in [1.165, 1.54) is 11.3 Å². The number of aromatic nitrogens is 1. The van der Waals surface area contributed by atoms with E-state index in [0.29, 0.717) is 23.5 Å². The molecule has 134 valence electrons. The summed E-state index contributed by atoms with van der Waals surface area (Å²) in [5, 5.41) is 5.02. The molecule has 5 nitrogen and oxygen atoms in total. The molecule has 1 aromatic heterocycles. The Morgan fingerprint density at radius 3 is 2.48 bits per heavy atom. The van der Waals surface area contributed by atoms with E-state index in [2.05, 4.69) is 10.3 Å². The summed E-state index contributed by atoms with van der Waals surface area (Å²) in [5.41, 5.74) is 2.35. The first-order valence-electron chi connectivity index (χ1n) is 8.32. The number of hydrogen-bond acceptors (Lipinski definition) is 5. The minimum Gasteiger partial charge on any atom is -0.301 e. The highest BCUT2D eigenvalue weighted by Crippen LogP contribution is 2.42. The van der Waals surface area contributed by atoms with Gasteiger partial charge in [-0.3, -0.25) is 4.79 Å². The molecule has 2 aromatic rings. The van der Waals surface area contributed by atoms with Gasteiger partial charge in [0.25, 0.3) is 0 Å². The van der Waals surface area contributed by atoms with Gasteiger partial charge in [0.2, 0.25) is 5.91 Å². The smallest absolute Gasteiger partial charge is 0.248 e. The zero-order valence-electron chi connectivity index (χ0n) is 14.6. The van der Waals surface area contributed by atoms with Crippen molar-refractivity contribution in [3.8, 4) is 0 Å². The van der Waals surface area contributed by atoms with Gasteiger partial charge in [0.1, 0.15) is 0 Å². The molecule has 1 fully saturated rings. The van der Waals surface area contributed by atoms with Gasteiger partial charge < -0.3 is 5.32 Å². The first-order chi connectivity index (χ1) is 11.8. The van der Waals surface area contributed by atoms with Crippen LogP contribution in [-0.2, 0) is 14.6 Å². The van der Waals surface area contributed by atoms with Crippen molar-refractivity contribution in [1.29, 1.82) is 0 Å². The Bertz CT molecular complexity index is 910. The molecule has 0 atom stereocenters. The van der Waals surface area contributed by atoms with Crippen LogP contribution in [0.2, 0.25) is 0 Å². The molecule has 0 aliphatic heterocycles. The van der Waals surface area contributed by atoms with Gasteiger partial charge >= 0.3 is 0 Å². The Morgan fingerprint density at radius 1 is 1.20 bits per heavy atom. The molecule has 0 saturated heterocycles. The predicted molar refractivity (Wildman–Crippen MR) is 99.8 cm³/mol. The van der Waals surface area contributed by atoms with Crippen LogP contribution >= 0.6 is 11.3 Å². The van der Waals surface area contributed by atoms with Crippen molar-refractivity contribution >= 4 is 32.2 Å². The molecule has 1 saturated carbocycles. The molecule has 0 radical (unpaired) electrons. The molecule has 7 heteroatoms. The van der Waals surface area contributed by atoms with E-state index in [1.807, 2.05) is 25.3 Å². The lowest BCUT2D eigenvalue weighted by Crippen LogP contribution is -2.47. The highest BCUT2D eigenvalue weighted by atomic mass is 32.2. The fourth-order valence-electron chi connectivity index (χ4n) is 3.39. The Labute approximate surface area is 152 Å². The molecule has 0 unspecified atom stereocenters. The molecule has 1 aliphatic rings. The summed E-state index contributed by atoms with van der Waals surface area (Å²) in [5.74, 6) is -0.458. The normalized spacial score (nSPS) is 16.8. The second-order valence-corrected chi connectivity index (χ2v) is 9.81. The maximum atomic E-state index is 13.5. The fourth-order valence-corrected chi connectivity index (χ4v) is 6.45. The number of carbonyl (C=O) groups is 1. The SMILES string of the molecule is Cc1ccc(C)c(S(=O)(=O)C2(C(=O)Nc3nc(C)cs3)CCCC2)c1. The van der Waals surface area contributed by atoms with Gasteiger partial charge in [-0.15, -0.1) is 11.3 Å². The van der Waals surface area contributed by atoms with Gasteiger partial charge in [-0.25, -0.2) is 13.4 Å². The summed E-state index contributed by atoms with van der Waals surface area (Å²) < 4.78 is 25.6. The van der Waals surface area contributed by atoms with E-state index in [0.717, 1.165) is 24.1 Å². The Kier molecular flexibility index (Phi) is 4.72. The van der Waals surface area contributed by atoms with Gasteiger partial charge in [-0.1, -0.05) is 25.0 Å². The maximum absolute atomic E-state index is 13.5. The molecule has 25 heavy (non-hydrogen) atoms. The number of sulfone groups is 1. The quantitative estimate of drug-likeness (QED) is 0.878. The summed E-state index contributed by atoms with van der Waals surface area (Å²) in [6.07, 6.45) is 2.15. The van der Waals surface area contributed by atoms with Crippen LogP contribution in [-0.4, -0.2) is 24.1 Å². The van der Waals surface area contributed by atoms with Crippen LogP contribution in [0.25, 0.3) is 0 Å². The molecule has 0 spiro atoms. The van der Waals surface area contributed by atoms with E-state index in [1.54, 1.807) is 19.1 Å². The van der Waals surface area contributed by atoms with E-state index in [-0.39, 0.29) is 4.90 Å². The molecule has 1 amide bonds. The topological polar surface area (TPSA) is 76.1 Å². The fraction of sp³-hybridized carbons (Fsp3) is 0.444. The number of aryl methyl sites for hydroxylation is 3. The van der Waals surface area contributed by atoms with Crippen LogP contribution in [0, 0.1) is 20.8 Å². The number of hydrogen-bond donors (Lipinski definition) is 1. The molecule has 0 bridgehead atoms. The van der Waals surface area contributed by atoms with Crippen molar-refractivity contribution < 1.29 is 13.2 Å². The van der Waals surface area contributed by atoms with Crippen molar-refractivity contribution in [3.63, 3.8) is 0 Å². The van der Waals surface area contributed by atoms with E-state index in [4.69, 9.17) is 0 Å². The van der Waals surface area contributed by atoms with Crippen LogP contribution in [0.1, 0.15) is 42.5 Å². The van der Waals surface area contributed by atoms with Gasteiger partial charge in [0.15, 0.2) is 19.7 Å². The van der Waals surface area contributed by atoms with E-state index < -0.39 is 20.5 Å². The zero-order valence-corrected chi connectivity index (χ0v) is 16.3. The Balaban J connectivity index is 2.04. The molecule has 1 aromatic carbocycles. The molecule has 1 aliphatic carbocycles. The van der Waals surface area contributed by atoms with Crippen LogP contribution in [0.15, 0.2) is 28.5 Å². The molecular weight excluding hydrogens is 356 g/mol. The number of carbonyl (C=O) groups excluding carboxylic acids is 1. The number of anilines is 1. The van der Waals surface area contributed by atoms with Gasteiger partial charge in [-0.05, 0) is 50.8 Å². The first kappa shape index (κ1) is 18.1. The highest BCUT2D eigenvalue weighted by molar-refractivity contribution is 7.93. The molecule has 3 rings (SSSR count). The number of rotatable bonds is 4. The second-order valence-electron chi connectivity index (χ2n) is 6.72.